The van der Waals surface area contributed by atoms with Gasteiger partial charge in [0, 0.05) is 16.9 Å². The van der Waals surface area contributed by atoms with E-state index in [9.17, 15) is 0 Å². The van der Waals surface area contributed by atoms with Crippen LogP contribution in [0.1, 0.15) is 43.6 Å². The van der Waals surface area contributed by atoms with Gasteiger partial charge in [-0.15, -0.1) is 0 Å². The van der Waals surface area contributed by atoms with Crippen LogP contribution in [-0.4, -0.2) is 13.6 Å². The third-order valence-corrected chi connectivity index (χ3v) is 4.67. The first-order valence-corrected chi connectivity index (χ1v) is 7.51. The molecule has 0 aromatic heterocycles. The maximum Gasteiger partial charge on any atom is 0.0210 e. The fourth-order valence-corrected chi connectivity index (χ4v) is 3.64. The molecule has 94 valence electrons. The van der Waals surface area contributed by atoms with Crippen LogP contribution in [0.15, 0.2) is 28.7 Å². The Balaban J connectivity index is 2.18. The molecular weight excluding hydrogens is 274 g/mol. The van der Waals surface area contributed by atoms with E-state index < -0.39 is 0 Å². The Kier molecular flexibility index (Phi) is 5.05. The summed E-state index contributed by atoms with van der Waals surface area (Å²) >= 11 is 3.71. The Labute approximate surface area is 113 Å². The van der Waals surface area contributed by atoms with Crippen LogP contribution in [0.2, 0.25) is 0 Å². The standard InChI is InChI=1S/C15H22BrN/c1-17-11-14(12-7-3-2-4-8-12)13-9-5-6-10-15(13)16/h5-6,9-10,12,14,17H,2-4,7-8,11H2,1H3. The summed E-state index contributed by atoms with van der Waals surface area (Å²) in [5.74, 6) is 1.52. The molecule has 0 saturated heterocycles. The van der Waals surface area contributed by atoms with E-state index in [1.54, 1.807) is 0 Å². The molecule has 1 nitrogen and oxygen atoms in total. The second-order valence-corrected chi connectivity index (χ2v) is 5.94. The van der Waals surface area contributed by atoms with E-state index >= 15 is 0 Å². The van der Waals surface area contributed by atoms with E-state index in [1.807, 2.05) is 0 Å². The third-order valence-electron chi connectivity index (χ3n) is 3.95. The molecule has 1 fully saturated rings. The lowest BCUT2D eigenvalue weighted by Gasteiger charge is -2.31. The topological polar surface area (TPSA) is 12.0 Å². The van der Waals surface area contributed by atoms with E-state index in [0.717, 1.165) is 12.5 Å². The van der Waals surface area contributed by atoms with Crippen molar-refractivity contribution in [1.29, 1.82) is 0 Å². The molecule has 1 aromatic rings. The lowest BCUT2D eigenvalue weighted by Crippen LogP contribution is -2.26. The SMILES string of the molecule is CNCC(c1ccccc1Br)C1CCCCC1. The molecule has 1 aromatic carbocycles. The van der Waals surface area contributed by atoms with Gasteiger partial charge in [0.25, 0.3) is 0 Å². The minimum Gasteiger partial charge on any atom is -0.319 e. The lowest BCUT2D eigenvalue weighted by atomic mass is 9.77. The predicted molar refractivity (Wildman–Crippen MR) is 77.4 cm³/mol. The smallest absolute Gasteiger partial charge is 0.0210 e. The monoisotopic (exact) mass is 295 g/mol. The normalized spacial score (nSPS) is 19.2. The molecule has 0 spiro atoms. The number of nitrogens with one attached hydrogen (secondary N) is 1. The molecule has 0 radical (unpaired) electrons. The van der Waals surface area contributed by atoms with Crippen molar-refractivity contribution in [2.75, 3.05) is 13.6 Å². The molecule has 0 bridgehead atoms. The highest BCUT2D eigenvalue weighted by atomic mass is 79.9. The maximum absolute atomic E-state index is 3.71. The van der Waals surface area contributed by atoms with Gasteiger partial charge in [0.2, 0.25) is 0 Å². The zero-order chi connectivity index (χ0) is 12.1. The van der Waals surface area contributed by atoms with Gasteiger partial charge in [0.15, 0.2) is 0 Å². The van der Waals surface area contributed by atoms with Gasteiger partial charge in [-0.2, -0.15) is 0 Å². The minimum atomic E-state index is 0.663. The van der Waals surface area contributed by atoms with Crippen molar-refractivity contribution in [2.45, 2.75) is 38.0 Å². The van der Waals surface area contributed by atoms with Gasteiger partial charge < -0.3 is 5.32 Å². The van der Waals surface area contributed by atoms with Crippen molar-refractivity contribution in [3.63, 3.8) is 0 Å². The summed E-state index contributed by atoms with van der Waals surface area (Å²) in [7, 11) is 2.06. The number of hydrogen-bond donors (Lipinski definition) is 1. The second-order valence-electron chi connectivity index (χ2n) is 5.08. The highest BCUT2D eigenvalue weighted by molar-refractivity contribution is 9.10. The van der Waals surface area contributed by atoms with Crippen molar-refractivity contribution in [3.8, 4) is 0 Å². The molecule has 0 heterocycles. The summed E-state index contributed by atoms with van der Waals surface area (Å²) in [5, 5.41) is 3.37. The Bertz CT molecular complexity index is 345. The van der Waals surface area contributed by atoms with Gasteiger partial charge in [-0.25, -0.2) is 0 Å². The molecule has 1 N–H and O–H groups in total. The molecule has 1 atom stereocenters. The predicted octanol–water partition coefficient (Wildman–Crippen LogP) is 4.33. The average Bonchev–Trinajstić information content (AvgIpc) is 2.38. The van der Waals surface area contributed by atoms with Gasteiger partial charge >= 0.3 is 0 Å². The zero-order valence-corrected chi connectivity index (χ0v) is 12.2. The first-order chi connectivity index (χ1) is 8.33. The first kappa shape index (κ1) is 13.1. The highest BCUT2D eigenvalue weighted by Crippen LogP contribution is 2.38. The summed E-state index contributed by atoms with van der Waals surface area (Å²) in [6.07, 6.45) is 7.05. The van der Waals surface area contributed by atoms with Crippen molar-refractivity contribution < 1.29 is 0 Å². The van der Waals surface area contributed by atoms with E-state index in [-0.39, 0.29) is 0 Å². The van der Waals surface area contributed by atoms with Crippen LogP contribution in [0.5, 0.6) is 0 Å². The molecule has 0 amide bonds. The molecule has 2 rings (SSSR count). The molecule has 0 aliphatic heterocycles. The van der Waals surface area contributed by atoms with E-state index in [4.69, 9.17) is 0 Å². The fraction of sp³-hybridized carbons (Fsp3) is 0.600. The van der Waals surface area contributed by atoms with E-state index in [2.05, 4.69) is 52.6 Å². The molecule has 1 unspecified atom stereocenters. The van der Waals surface area contributed by atoms with Crippen LogP contribution in [0.3, 0.4) is 0 Å². The minimum absolute atomic E-state index is 0.663. The van der Waals surface area contributed by atoms with Crippen LogP contribution < -0.4 is 5.32 Å². The number of rotatable bonds is 4. The van der Waals surface area contributed by atoms with Crippen molar-refractivity contribution in [1.82, 2.24) is 5.32 Å². The van der Waals surface area contributed by atoms with Gasteiger partial charge in [-0.3, -0.25) is 0 Å². The van der Waals surface area contributed by atoms with Crippen molar-refractivity contribution >= 4 is 15.9 Å². The van der Waals surface area contributed by atoms with Crippen LogP contribution in [0, 0.1) is 5.92 Å². The number of hydrogen-bond acceptors (Lipinski definition) is 1. The van der Waals surface area contributed by atoms with E-state index in [0.29, 0.717) is 5.92 Å². The van der Waals surface area contributed by atoms with Gasteiger partial charge in [-0.05, 0) is 37.4 Å². The molecule has 1 aliphatic rings. The Hall–Kier alpha value is -0.340. The zero-order valence-electron chi connectivity index (χ0n) is 10.6. The molecule has 17 heavy (non-hydrogen) atoms. The maximum atomic E-state index is 3.71. The van der Waals surface area contributed by atoms with Gasteiger partial charge in [-0.1, -0.05) is 53.4 Å². The lowest BCUT2D eigenvalue weighted by molar-refractivity contribution is 0.299. The van der Waals surface area contributed by atoms with Crippen molar-refractivity contribution in [3.05, 3.63) is 34.3 Å². The van der Waals surface area contributed by atoms with Crippen LogP contribution in [-0.2, 0) is 0 Å². The van der Waals surface area contributed by atoms with E-state index in [1.165, 1.54) is 42.1 Å². The van der Waals surface area contributed by atoms with Crippen LogP contribution in [0.4, 0.5) is 0 Å². The Morgan fingerprint density at radius 3 is 2.59 bits per heavy atom. The summed E-state index contributed by atoms with van der Waals surface area (Å²) in [6.45, 7) is 1.09. The summed E-state index contributed by atoms with van der Waals surface area (Å²) in [4.78, 5) is 0. The first-order valence-electron chi connectivity index (χ1n) is 6.72. The van der Waals surface area contributed by atoms with Crippen molar-refractivity contribution in [2.24, 2.45) is 5.92 Å². The third kappa shape index (κ3) is 3.32. The number of likely N-dealkylation sites (N-methyl/N-ethyl adjacent to an activating group) is 1. The molecule has 2 heteroatoms. The van der Waals surface area contributed by atoms with Gasteiger partial charge in [0.1, 0.15) is 0 Å². The fourth-order valence-electron chi connectivity index (χ4n) is 3.06. The Morgan fingerprint density at radius 2 is 1.94 bits per heavy atom. The summed E-state index contributed by atoms with van der Waals surface area (Å²) < 4.78 is 1.27. The van der Waals surface area contributed by atoms with Crippen LogP contribution in [0.25, 0.3) is 0 Å². The number of benzene rings is 1. The highest BCUT2D eigenvalue weighted by Gasteiger charge is 2.25. The summed E-state index contributed by atoms with van der Waals surface area (Å²) in [5.41, 5.74) is 1.48. The molecular formula is C15H22BrN. The summed E-state index contributed by atoms with van der Waals surface area (Å²) in [6, 6.07) is 8.71. The van der Waals surface area contributed by atoms with Gasteiger partial charge in [0.05, 0.1) is 0 Å². The second kappa shape index (κ2) is 6.55. The largest absolute Gasteiger partial charge is 0.319 e. The Morgan fingerprint density at radius 1 is 1.24 bits per heavy atom. The average molecular weight is 296 g/mol. The molecule has 1 saturated carbocycles. The molecule has 1 aliphatic carbocycles. The van der Waals surface area contributed by atoms with Crippen LogP contribution >= 0.6 is 15.9 Å². The quantitative estimate of drug-likeness (QED) is 0.872. The number of halogens is 1.